The van der Waals surface area contributed by atoms with Gasteiger partial charge in [0.2, 0.25) is 0 Å². The van der Waals surface area contributed by atoms with Crippen LogP contribution in [0, 0.1) is 6.42 Å². The summed E-state index contributed by atoms with van der Waals surface area (Å²) in [4.78, 5) is 2.49. The van der Waals surface area contributed by atoms with E-state index < -0.39 is 0 Å². The van der Waals surface area contributed by atoms with Gasteiger partial charge < -0.3 is 4.90 Å². The van der Waals surface area contributed by atoms with Crippen LogP contribution < -0.4 is 0 Å². The van der Waals surface area contributed by atoms with E-state index in [0.717, 1.165) is 0 Å². The summed E-state index contributed by atoms with van der Waals surface area (Å²) in [5.41, 5.74) is 0. The summed E-state index contributed by atoms with van der Waals surface area (Å²) in [5, 5.41) is 0. The Bertz CT molecular complexity index is 77.1. The molecule has 0 fully saturated rings. The molecule has 0 aliphatic carbocycles. The van der Waals surface area contributed by atoms with Crippen molar-refractivity contribution in [1.82, 2.24) is 4.90 Å². The van der Waals surface area contributed by atoms with Crippen LogP contribution in [0.25, 0.3) is 0 Å². The summed E-state index contributed by atoms with van der Waals surface area (Å²) in [6.45, 7) is 10.4. The minimum atomic E-state index is 1.20. The third-order valence-electron chi connectivity index (χ3n) is 2.27. The van der Waals surface area contributed by atoms with Crippen molar-refractivity contribution >= 4 is 0 Å². The van der Waals surface area contributed by atoms with Crippen molar-refractivity contribution in [2.75, 3.05) is 19.6 Å². The molecule has 0 heterocycles. The smallest absolute Gasteiger partial charge is 0.00189 e. The molecule has 0 saturated carbocycles. The zero-order chi connectivity index (χ0) is 9.23. The van der Waals surface area contributed by atoms with Gasteiger partial charge >= 0.3 is 0 Å². The molecule has 0 atom stereocenters. The maximum Gasteiger partial charge on any atom is -0.00189 e. The first-order chi connectivity index (χ1) is 5.85. The second-order valence-electron chi connectivity index (χ2n) is 3.25. The molecule has 0 aliphatic rings. The molecule has 0 rings (SSSR count). The average molecular weight is 170 g/mol. The standard InChI is InChI=1S/C11H24N/c1-4-7-8-9-10-11-12(5-2)6-3/h8H,4-7,9-11H2,1-3H3. The fourth-order valence-electron chi connectivity index (χ4n) is 1.35. The van der Waals surface area contributed by atoms with Crippen molar-refractivity contribution in [1.29, 1.82) is 0 Å². The first-order valence-electron chi connectivity index (χ1n) is 5.39. The predicted octanol–water partition coefficient (Wildman–Crippen LogP) is 3.11. The van der Waals surface area contributed by atoms with Crippen LogP contribution in [0.5, 0.6) is 0 Å². The van der Waals surface area contributed by atoms with Crippen LogP contribution in [0.1, 0.15) is 46.5 Å². The number of nitrogens with zero attached hydrogens (tertiary/aromatic N) is 1. The molecule has 0 aliphatic heterocycles. The zero-order valence-corrected chi connectivity index (χ0v) is 8.97. The molecular weight excluding hydrogens is 146 g/mol. The highest BCUT2D eigenvalue weighted by molar-refractivity contribution is 4.64. The predicted molar refractivity (Wildman–Crippen MR) is 56.2 cm³/mol. The molecule has 0 spiro atoms. The van der Waals surface area contributed by atoms with Crippen molar-refractivity contribution in [2.45, 2.75) is 46.5 Å². The highest BCUT2D eigenvalue weighted by Crippen LogP contribution is 2.02. The normalized spacial score (nSPS) is 11.0. The maximum absolute atomic E-state index is 2.49. The summed E-state index contributed by atoms with van der Waals surface area (Å²) < 4.78 is 0. The van der Waals surface area contributed by atoms with Gasteiger partial charge in [0, 0.05) is 0 Å². The van der Waals surface area contributed by atoms with Gasteiger partial charge in [-0.2, -0.15) is 0 Å². The van der Waals surface area contributed by atoms with Gasteiger partial charge in [-0.25, -0.2) is 0 Å². The molecule has 0 N–H and O–H groups in total. The first kappa shape index (κ1) is 12.0. The summed E-state index contributed by atoms with van der Waals surface area (Å²) in [6.07, 6.45) is 7.64. The second-order valence-corrected chi connectivity index (χ2v) is 3.25. The molecule has 1 heteroatoms. The number of hydrogen-bond acceptors (Lipinski definition) is 1. The van der Waals surface area contributed by atoms with Gasteiger partial charge in [-0.1, -0.05) is 33.6 Å². The number of unbranched alkanes of at least 4 members (excludes halogenated alkanes) is 4. The van der Waals surface area contributed by atoms with Gasteiger partial charge in [-0.05, 0) is 38.9 Å². The molecule has 12 heavy (non-hydrogen) atoms. The van der Waals surface area contributed by atoms with E-state index >= 15 is 0 Å². The average Bonchev–Trinajstić information content (AvgIpc) is 2.11. The second kappa shape index (κ2) is 9.05. The number of rotatable bonds is 8. The highest BCUT2D eigenvalue weighted by atomic mass is 15.1. The third kappa shape index (κ3) is 6.66. The molecule has 0 unspecified atom stereocenters. The van der Waals surface area contributed by atoms with Crippen LogP contribution in [-0.4, -0.2) is 24.5 Å². The van der Waals surface area contributed by atoms with Crippen LogP contribution >= 0.6 is 0 Å². The molecule has 0 bridgehead atoms. The topological polar surface area (TPSA) is 3.24 Å². The maximum atomic E-state index is 2.49. The van der Waals surface area contributed by atoms with E-state index in [4.69, 9.17) is 0 Å². The van der Waals surface area contributed by atoms with E-state index in [1.54, 1.807) is 0 Å². The molecular formula is C11H24N. The van der Waals surface area contributed by atoms with Crippen LogP contribution in [0.2, 0.25) is 0 Å². The molecule has 0 aromatic heterocycles. The van der Waals surface area contributed by atoms with Crippen LogP contribution in [0.3, 0.4) is 0 Å². The van der Waals surface area contributed by atoms with E-state index in [2.05, 4.69) is 32.1 Å². The number of hydrogen-bond donors (Lipinski definition) is 0. The Hall–Kier alpha value is -0.0400. The first-order valence-corrected chi connectivity index (χ1v) is 5.39. The lowest BCUT2D eigenvalue weighted by atomic mass is 10.1. The van der Waals surface area contributed by atoms with Crippen LogP contribution in [-0.2, 0) is 0 Å². The lowest BCUT2D eigenvalue weighted by molar-refractivity contribution is 0.299. The molecule has 0 aromatic carbocycles. The van der Waals surface area contributed by atoms with Crippen molar-refractivity contribution in [2.24, 2.45) is 0 Å². The quantitative estimate of drug-likeness (QED) is 0.506. The van der Waals surface area contributed by atoms with Gasteiger partial charge in [0.1, 0.15) is 0 Å². The van der Waals surface area contributed by atoms with Crippen molar-refractivity contribution in [3.05, 3.63) is 6.42 Å². The Morgan fingerprint density at radius 2 is 1.67 bits per heavy atom. The summed E-state index contributed by atoms with van der Waals surface area (Å²) in [7, 11) is 0. The summed E-state index contributed by atoms with van der Waals surface area (Å²) >= 11 is 0. The van der Waals surface area contributed by atoms with Gasteiger partial charge in [0.05, 0.1) is 0 Å². The lowest BCUT2D eigenvalue weighted by Crippen LogP contribution is -2.23. The summed E-state index contributed by atoms with van der Waals surface area (Å²) in [5.74, 6) is 0. The Labute approximate surface area is 78.1 Å². The minimum absolute atomic E-state index is 1.20. The fraction of sp³-hybridized carbons (Fsp3) is 0.909. The van der Waals surface area contributed by atoms with E-state index in [-0.39, 0.29) is 0 Å². The molecule has 73 valence electrons. The Balaban J connectivity index is 3.06. The molecule has 0 amide bonds. The Morgan fingerprint density at radius 3 is 2.17 bits per heavy atom. The van der Waals surface area contributed by atoms with Crippen molar-refractivity contribution < 1.29 is 0 Å². The van der Waals surface area contributed by atoms with Gasteiger partial charge in [-0.15, -0.1) is 0 Å². The molecule has 0 aromatic rings. The van der Waals surface area contributed by atoms with E-state index in [1.807, 2.05) is 0 Å². The fourth-order valence-corrected chi connectivity index (χ4v) is 1.35. The Morgan fingerprint density at radius 1 is 1.00 bits per heavy atom. The zero-order valence-electron chi connectivity index (χ0n) is 8.97. The van der Waals surface area contributed by atoms with E-state index in [1.165, 1.54) is 45.3 Å². The van der Waals surface area contributed by atoms with Gasteiger partial charge in [0.25, 0.3) is 0 Å². The monoisotopic (exact) mass is 170 g/mol. The van der Waals surface area contributed by atoms with Gasteiger partial charge in [-0.3, -0.25) is 0 Å². The summed E-state index contributed by atoms with van der Waals surface area (Å²) in [6, 6.07) is 0. The van der Waals surface area contributed by atoms with E-state index in [0.29, 0.717) is 0 Å². The molecule has 1 nitrogen and oxygen atoms in total. The lowest BCUT2D eigenvalue weighted by Gasteiger charge is -2.17. The molecule has 1 radical (unpaired) electrons. The minimum Gasteiger partial charge on any atom is -0.304 e. The third-order valence-corrected chi connectivity index (χ3v) is 2.27. The highest BCUT2D eigenvalue weighted by Gasteiger charge is 1.97. The van der Waals surface area contributed by atoms with Crippen LogP contribution in [0.4, 0.5) is 0 Å². The SMILES string of the molecule is CCC[CH]CCCN(CC)CC. The van der Waals surface area contributed by atoms with Crippen molar-refractivity contribution in [3.8, 4) is 0 Å². The van der Waals surface area contributed by atoms with Gasteiger partial charge in [0.15, 0.2) is 0 Å². The molecule has 0 saturated heterocycles. The largest absolute Gasteiger partial charge is 0.304 e. The van der Waals surface area contributed by atoms with Crippen LogP contribution in [0.15, 0.2) is 0 Å². The van der Waals surface area contributed by atoms with Crippen molar-refractivity contribution in [3.63, 3.8) is 0 Å². The van der Waals surface area contributed by atoms with E-state index in [9.17, 15) is 0 Å². The Kier molecular flexibility index (Phi) is 9.02.